The molecule has 28 heavy (non-hydrogen) atoms. The van der Waals surface area contributed by atoms with Gasteiger partial charge in [0.1, 0.15) is 17.8 Å². The highest BCUT2D eigenvalue weighted by molar-refractivity contribution is 6.30. The molecule has 0 saturated heterocycles. The molecular formula is C19H19ClN6O2. The fourth-order valence-electron chi connectivity index (χ4n) is 2.51. The third kappa shape index (κ3) is 4.24. The Morgan fingerprint density at radius 1 is 1.14 bits per heavy atom. The third-order valence-electron chi connectivity index (χ3n) is 3.97. The molecule has 0 aliphatic rings. The van der Waals surface area contributed by atoms with E-state index in [4.69, 9.17) is 22.1 Å². The fraction of sp³-hybridized carbons (Fsp3) is 0.105. The lowest BCUT2D eigenvalue weighted by atomic mass is 10.2. The van der Waals surface area contributed by atoms with E-state index in [1.165, 1.54) is 13.4 Å². The second kappa shape index (κ2) is 8.45. The van der Waals surface area contributed by atoms with Crippen molar-refractivity contribution in [3.63, 3.8) is 0 Å². The van der Waals surface area contributed by atoms with Gasteiger partial charge in [0.25, 0.3) is 5.91 Å². The monoisotopic (exact) mass is 398 g/mol. The number of nitrogen functional groups attached to an aromatic ring is 1. The van der Waals surface area contributed by atoms with E-state index in [2.05, 4.69) is 26.1 Å². The number of hydrogen-bond donors (Lipinski definition) is 4. The maximum Gasteiger partial charge on any atom is 0.273 e. The molecule has 0 spiro atoms. The predicted molar refractivity (Wildman–Crippen MR) is 110 cm³/mol. The van der Waals surface area contributed by atoms with Gasteiger partial charge in [0.05, 0.1) is 12.7 Å². The van der Waals surface area contributed by atoms with Gasteiger partial charge in [-0.2, -0.15) is 0 Å². The van der Waals surface area contributed by atoms with Crippen LogP contribution in [-0.4, -0.2) is 23.0 Å². The van der Waals surface area contributed by atoms with Crippen LogP contribution in [0, 0.1) is 6.92 Å². The van der Waals surface area contributed by atoms with Crippen LogP contribution in [0.1, 0.15) is 15.9 Å². The topological polar surface area (TPSA) is 114 Å². The van der Waals surface area contributed by atoms with Crippen molar-refractivity contribution >= 4 is 40.5 Å². The molecule has 9 heteroatoms. The number of ether oxygens (including phenoxy) is 1. The summed E-state index contributed by atoms with van der Waals surface area (Å²) >= 11 is 5.98. The number of rotatable bonds is 6. The van der Waals surface area contributed by atoms with E-state index in [0.29, 0.717) is 22.2 Å². The number of anilines is 4. The number of nitrogens with two attached hydrogens (primary N) is 1. The molecule has 0 aliphatic heterocycles. The van der Waals surface area contributed by atoms with Crippen LogP contribution in [0.15, 0.2) is 48.8 Å². The van der Waals surface area contributed by atoms with Gasteiger partial charge in [-0.1, -0.05) is 23.7 Å². The Bertz CT molecular complexity index is 1010. The number of nitrogens with zero attached hydrogens (tertiary/aromatic N) is 2. The number of aryl methyl sites for hydroxylation is 1. The number of aromatic nitrogens is 2. The minimum absolute atomic E-state index is 0.247. The summed E-state index contributed by atoms with van der Waals surface area (Å²) in [4.78, 5) is 20.6. The van der Waals surface area contributed by atoms with Crippen LogP contribution in [0.3, 0.4) is 0 Å². The summed E-state index contributed by atoms with van der Waals surface area (Å²) in [7, 11) is 1.50. The van der Waals surface area contributed by atoms with Gasteiger partial charge in [-0.15, -0.1) is 0 Å². The first-order valence-electron chi connectivity index (χ1n) is 8.32. The Labute approximate surface area is 167 Å². The number of methoxy groups -OCH3 is 1. The Morgan fingerprint density at radius 3 is 2.64 bits per heavy atom. The smallest absolute Gasteiger partial charge is 0.273 e. The minimum atomic E-state index is -0.390. The van der Waals surface area contributed by atoms with E-state index in [9.17, 15) is 4.79 Å². The maximum atomic E-state index is 12.4. The molecular weight excluding hydrogens is 380 g/mol. The fourth-order valence-corrected chi connectivity index (χ4v) is 2.73. The standard InChI is InChI=1S/C19H19ClN6O2/c1-11-9-12(20)7-8-14(11)24-17-16(21)18(23-10-22-17)25-26-19(27)13-5-3-4-6-15(13)28-2/h3-10H,21H2,1-2H3,(H,26,27)(H2,22,23,24,25). The zero-order valence-electron chi connectivity index (χ0n) is 15.3. The summed E-state index contributed by atoms with van der Waals surface area (Å²) in [6.45, 7) is 1.91. The Morgan fingerprint density at radius 2 is 1.89 bits per heavy atom. The van der Waals surface area contributed by atoms with Crippen molar-refractivity contribution in [2.75, 3.05) is 23.6 Å². The van der Waals surface area contributed by atoms with E-state index >= 15 is 0 Å². The van der Waals surface area contributed by atoms with Crippen molar-refractivity contribution in [1.82, 2.24) is 15.4 Å². The molecule has 0 bridgehead atoms. The molecule has 0 radical (unpaired) electrons. The van der Waals surface area contributed by atoms with Crippen LogP contribution in [0.2, 0.25) is 5.02 Å². The molecule has 0 fully saturated rings. The molecule has 5 N–H and O–H groups in total. The molecule has 0 saturated carbocycles. The van der Waals surface area contributed by atoms with Gasteiger partial charge in [0.2, 0.25) is 0 Å². The number of hydrogen-bond acceptors (Lipinski definition) is 7. The van der Waals surface area contributed by atoms with Gasteiger partial charge in [-0.3, -0.25) is 15.6 Å². The second-order valence-electron chi connectivity index (χ2n) is 5.85. The second-order valence-corrected chi connectivity index (χ2v) is 6.28. The van der Waals surface area contributed by atoms with Gasteiger partial charge in [-0.25, -0.2) is 9.97 Å². The van der Waals surface area contributed by atoms with Crippen LogP contribution >= 0.6 is 11.6 Å². The molecule has 3 aromatic rings. The first-order valence-corrected chi connectivity index (χ1v) is 8.70. The number of amides is 1. The molecule has 2 aromatic carbocycles. The summed E-state index contributed by atoms with van der Waals surface area (Å²) in [6.07, 6.45) is 1.33. The van der Waals surface area contributed by atoms with Crippen LogP contribution < -0.4 is 26.6 Å². The van der Waals surface area contributed by atoms with Crippen molar-refractivity contribution in [2.45, 2.75) is 6.92 Å². The van der Waals surface area contributed by atoms with Crippen LogP contribution in [0.5, 0.6) is 5.75 Å². The Hall–Kier alpha value is -3.52. The zero-order valence-corrected chi connectivity index (χ0v) is 16.0. The SMILES string of the molecule is COc1ccccc1C(=O)NNc1ncnc(Nc2ccc(Cl)cc2C)c1N. The molecule has 0 aliphatic carbocycles. The number of hydrazine groups is 1. The molecule has 1 amide bonds. The quantitative estimate of drug-likeness (QED) is 0.469. The van der Waals surface area contributed by atoms with Gasteiger partial charge in [0, 0.05) is 10.7 Å². The third-order valence-corrected chi connectivity index (χ3v) is 4.21. The molecule has 8 nitrogen and oxygen atoms in total. The first-order chi connectivity index (χ1) is 13.5. The van der Waals surface area contributed by atoms with Crippen molar-refractivity contribution in [3.05, 3.63) is 64.9 Å². The summed E-state index contributed by atoms with van der Waals surface area (Å²) in [5.74, 6) is 0.721. The minimum Gasteiger partial charge on any atom is -0.496 e. The zero-order chi connectivity index (χ0) is 20.1. The summed E-state index contributed by atoms with van der Waals surface area (Å²) < 4.78 is 5.19. The van der Waals surface area contributed by atoms with E-state index in [1.807, 2.05) is 19.1 Å². The highest BCUT2D eigenvalue weighted by Crippen LogP contribution is 2.28. The molecule has 3 rings (SSSR count). The summed E-state index contributed by atoms with van der Waals surface area (Å²) in [5.41, 5.74) is 13.8. The van der Waals surface area contributed by atoms with Crippen molar-refractivity contribution in [1.29, 1.82) is 0 Å². The lowest BCUT2D eigenvalue weighted by Gasteiger charge is -2.15. The molecule has 0 atom stereocenters. The number of para-hydroxylation sites is 1. The number of nitrogens with one attached hydrogen (secondary N) is 3. The average molecular weight is 399 g/mol. The molecule has 0 unspecified atom stereocenters. The van der Waals surface area contributed by atoms with Crippen molar-refractivity contribution in [2.24, 2.45) is 0 Å². The van der Waals surface area contributed by atoms with Gasteiger partial charge in [-0.05, 0) is 42.8 Å². The Balaban J connectivity index is 1.75. The number of halogens is 1. The molecule has 1 aromatic heterocycles. The van der Waals surface area contributed by atoms with Crippen molar-refractivity contribution in [3.8, 4) is 5.75 Å². The van der Waals surface area contributed by atoms with Gasteiger partial charge < -0.3 is 15.8 Å². The van der Waals surface area contributed by atoms with E-state index in [1.54, 1.807) is 30.3 Å². The molecule has 1 heterocycles. The largest absolute Gasteiger partial charge is 0.496 e. The van der Waals surface area contributed by atoms with E-state index < -0.39 is 5.91 Å². The summed E-state index contributed by atoms with van der Waals surface area (Å²) in [6, 6.07) is 12.3. The first kappa shape index (κ1) is 19.2. The normalized spacial score (nSPS) is 10.2. The highest BCUT2D eigenvalue weighted by atomic mass is 35.5. The maximum absolute atomic E-state index is 12.4. The van der Waals surface area contributed by atoms with E-state index in [0.717, 1.165) is 11.3 Å². The van der Waals surface area contributed by atoms with Crippen LogP contribution in [0.25, 0.3) is 0 Å². The lowest BCUT2D eigenvalue weighted by Crippen LogP contribution is -2.30. The summed E-state index contributed by atoms with van der Waals surface area (Å²) in [5, 5.41) is 3.78. The van der Waals surface area contributed by atoms with Crippen LogP contribution in [0.4, 0.5) is 23.0 Å². The van der Waals surface area contributed by atoms with E-state index in [-0.39, 0.29) is 11.5 Å². The van der Waals surface area contributed by atoms with Gasteiger partial charge in [0.15, 0.2) is 11.6 Å². The molecule has 144 valence electrons. The van der Waals surface area contributed by atoms with Gasteiger partial charge >= 0.3 is 0 Å². The van der Waals surface area contributed by atoms with Crippen LogP contribution in [-0.2, 0) is 0 Å². The Kier molecular flexibility index (Phi) is 5.81. The number of benzene rings is 2. The lowest BCUT2D eigenvalue weighted by molar-refractivity contribution is 0.0959. The van der Waals surface area contributed by atoms with Crippen molar-refractivity contribution < 1.29 is 9.53 Å². The predicted octanol–water partition coefficient (Wildman–Crippen LogP) is 3.53. The number of carbonyl (C=O) groups is 1. The number of carbonyl (C=O) groups excluding carboxylic acids is 1. The highest BCUT2D eigenvalue weighted by Gasteiger charge is 2.14. The average Bonchev–Trinajstić information content (AvgIpc) is 2.70.